The predicted octanol–water partition coefficient (Wildman–Crippen LogP) is 6.17. The molecular weight excluding hydrogens is 474 g/mol. The lowest BCUT2D eigenvalue weighted by Gasteiger charge is -2.24. The van der Waals surface area contributed by atoms with Crippen LogP contribution in [0.5, 0.6) is 0 Å². The molecule has 0 saturated heterocycles. The van der Waals surface area contributed by atoms with Crippen LogP contribution in [-0.2, 0) is 9.53 Å². The number of nitro benzene ring substituents is 1. The fourth-order valence-electron chi connectivity index (χ4n) is 2.63. The summed E-state index contributed by atoms with van der Waals surface area (Å²) < 4.78 is 33.4. The molecule has 156 valence electrons. The summed E-state index contributed by atoms with van der Waals surface area (Å²) in [6.45, 7) is 5.01. The molecule has 0 amide bonds. The third kappa shape index (κ3) is 6.37. The van der Waals surface area contributed by atoms with Crippen LogP contribution in [0, 0.1) is 21.7 Å². The number of halogens is 4. The summed E-state index contributed by atoms with van der Waals surface area (Å²) in [7, 11) is 0. The molecule has 10 heteroatoms. The van der Waals surface area contributed by atoms with E-state index in [9.17, 15) is 23.7 Å². The first-order valence-corrected chi connectivity index (χ1v) is 9.61. The molecular formula is C19H18BrClF2N2O4. The van der Waals surface area contributed by atoms with Crippen LogP contribution in [0.4, 0.5) is 20.2 Å². The van der Waals surface area contributed by atoms with Gasteiger partial charge in [0.1, 0.15) is 22.9 Å². The van der Waals surface area contributed by atoms with Crippen LogP contribution in [0.3, 0.4) is 0 Å². The van der Waals surface area contributed by atoms with Crippen LogP contribution in [0.2, 0.25) is 5.02 Å². The maximum atomic E-state index is 14.6. The number of nitro groups is 1. The minimum absolute atomic E-state index is 0.0216. The van der Waals surface area contributed by atoms with Gasteiger partial charge in [0, 0.05) is 27.2 Å². The molecule has 0 aliphatic rings. The Morgan fingerprint density at radius 3 is 2.52 bits per heavy atom. The van der Waals surface area contributed by atoms with Crippen molar-refractivity contribution in [3.8, 4) is 0 Å². The molecule has 6 nitrogen and oxygen atoms in total. The molecule has 0 spiro atoms. The fourth-order valence-corrected chi connectivity index (χ4v) is 3.49. The van der Waals surface area contributed by atoms with Crippen LogP contribution in [0.15, 0.2) is 34.8 Å². The standard InChI is InChI=1S/C19H18BrClF2N2O4/c1-19(2,3)29-17(26)9-15(18-12(20)7-11(22)8-13(18)23)24-14-6-10(21)4-5-16(14)25(27)28/h4-8,15,24H,9H2,1-3H3/t15-/m1/s1. The van der Waals surface area contributed by atoms with Crippen LogP contribution < -0.4 is 5.32 Å². The highest BCUT2D eigenvalue weighted by molar-refractivity contribution is 9.10. The largest absolute Gasteiger partial charge is 0.460 e. The number of anilines is 1. The number of carbonyl (C=O) groups excluding carboxylic acids is 1. The second-order valence-corrected chi connectivity index (χ2v) is 8.48. The number of nitrogens with zero attached hydrogens (tertiary/aromatic N) is 1. The molecule has 2 aromatic rings. The zero-order valence-electron chi connectivity index (χ0n) is 15.8. The van der Waals surface area contributed by atoms with E-state index in [4.69, 9.17) is 16.3 Å². The molecule has 1 atom stereocenters. The van der Waals surface area contributed by atoms with E-state index < -0.39 is 34.2 Å². The minimum Gasteiger partial charge on any atom is -0.460 e. The van der Waals surface area contributed by atoms with Crippen molar-refractivity contribution >= 4 is 44.9 Å². The molecule has 29 heavy (non-hydrogen) atoms. The van der Waals surface area contributed by atoms with Gasteiger partial charge in [-0.15, -0.1) is 0 Å². The van der Waals surface area contributed by atoms with E-state index in [0.717, 1.165) is 6.07 Å². The van der Waals surface area contributed by atoms with Gasteiger partial charge in [0.25, 0.3) is 5.69 Å². The van der Waals surface area contributed by atoms with Gasteiger partial charge in [0.05, 0.1) is 17.4 Å². The molecule has 0 saturated carbocycles. The van der Waals surface area contributed by atoms with Gasteiger partial charge in [-0.1, -0.05) is 27.5 Å². The molecule has 2 rings (SSSR count). The van der Waals surface area contributed by atoms with Crippen molar-refractivity contribution in [2.75, 3.05) is 5.32 Å². The van der Waals surface area contributed by atoms with Crippen LogP contribution in [0.1, 0.15) is 38.8 Å². The number of rotatable bonds is 6. The van der Waals surface area contributed by atoms with Crippen molar-refractivity contribution in [3.05, 3.63) is 67.1 Å². The summed E-state index contributed by atoms with van der Waals surface area (Å²) in [4.78, 5) is 23.1. The first-order chi connectivity index (χ1) is 13.4. The lowest BCUT2D eigenvalue weighted by Crippen LogP contribution is -2.27. The zero-order chi connectivity index (χ0) is 21.9. The molecule has 0 aliphatic carbocycles. The second-order valence-electron chi connectivity index (χ2n) is 7.19. The molecule has 0 aliphatic heterocycles. The van der Waals surface area contributed by atoms with E-state index in [0.29, 0.717) is 6.07 Å². The number of hydrogen-bond donors (Lipinski definition) is 1. The summed E-state index contributed by atoms with van der Waals surface area (Å²) in [5.41, 5.74) is -1.21. The summed E-state index contributed by atoms with van der Waals surface area (Å²) >= 11 is 9.03. The minimum atomic E-state index is -1.10. The van der Waals surface area contributed by atoms with Gasteiger partial charge < -0.3 is 10.1 Å². The first-order valence-electron chi connectivity index (χ1n) is 8.44. The second kappa shape index (κ2) is 9.04. The van der Waals surface area contributed by atoms with E-state index in [2.05, 4.69) is 21.2 Å². The van der Waals surface area contributed by atoms with E-state index in [1.807, 2.05) is 0 Å². The Bertz CT molecular complexity index is 927. The first kappa shape index (κ1) is 23.0. The summed E-state index contributed by atoms with van der Waals surface area (Å²) in [5, 5.41) is 14.3. The van der Waals surface area contributed by atoms with Crippen LogP contribution >= 0.6 is 27.5 Å². The van der Waals surface area contributed by atoms with Gasteiger partial charge in [0.15, 0.2) is 0 Å². The van der Waals surface area contributed by atoms with Crippen molar-refractivity contribution in [2.24, 2.45) is 0 Å². The predicted molar refractivity (Wildman–Crippen MR) is 109 cm³/mol. The van der Waals surface area contributed by atoms with Crippen molar-refractivity contribution in [1.29, 1.82) is 0 Å². The Morgan fingerprint density at radius 1 is 1.31 bits per heavy atom. The van der Waals surface area contributed by atoms with Crippen LogP contribution in [0.25, 0.3) is 0 Å². The number of nitrogens with one attached hydrogen (secondary N) is 1. The normalized spacial score (nSPS) is 12.4. The van der Waals surface area contributed by atoms with E-state index in [-0.39, 0.29) is 32.9 Å². The van der Waals surface area contributed by atoms with Gasteiger partial charge in [-0.3, -0.25) is 14.9 Å². The topological polar surface area (TPSA) is 81.5 Å². The Balaban J connectivity index is 2.50. The Hall–Kier alpha value is -2.26. The maximum Gasteiger partial charge on any atom is 0.308 e. The SMILES string of the molecule is CC(C)(C)OC(=O)C[C@@H](Nc1cc(Cl)ccc1[N+](=O)[O-])c1c(F)cc(F)cc1Br. The molecule has 0 unspecified atom stereocenters. The quantitative estimate of drug-likeness (QED) is 0.297. The highest BCUT2D eigenvalue weighted by atomic mass is 79.9. The van der Waals surface area contributed by atoms with Gasteiger partial charge in [-0.2, -0.15) is 0 Å². The zero-order valence-corrected chi connectivity index (χ0v) is 18.1. The van der Waals surface area contributed by atoms with Gasteiger partial charge in [0.2, 0.25) is 0 Å². The fraction of sp³-hybridized carbons (Fsp3) is 0.316. The van der Waals surface area contributed by atoms with Gasteiger partial charge in [-0.05, 0) is 39.0 Å². The number of benzene rings is 2. The van der Waals surface area contributed by atoms with Crippen molar-refractivity contribution in [2.45, 2.75) is 38.8 Å². The van der Waals surface area contributed by atoms with Crippen LogP contribution in [-0.4, -0.2) is 16.5 Å². The third-order valence-corrected chi connectivity index (χ3v) is 4.56. The maximum absolute atomic E-state index is 14.6. The Morgan fingerprint density at radius 2 is 1.97 bits per heavy atom. The lowest BCUT2D eigenvalue weighted by molar-refractivity contribution is -0.384. The third-order valence-electron chi connectivity index (χ3n) is 3.67. The monoisotopic (exact) mass is 490 g/mol. The molecule has 0 aromatic heterocycles. The van der Waals surface area contributed by atoms with Crippen molar-refractivity contribution < 1.29 is 23.2 Å². The lowest BCUT2D eigenvalue weighted by atomic mass is 10.0. The van der Waals surface area contributed by atoms with E-state index in [1.165, 1.54) is 18.2 Å². The van der Waals surface area contributed by atoms with E-state index >= 15 is 0 Å². The highest BCUT2D eigenvalue weighted by Crippen LogP contribution is 2.36. The number of ether oxygens (including phenoxy) is 1. The summed E-state index contributed by atoms with van der Waals surface area (Å²) in [6, 6.07) is 4.41. The number of hydrogen-bond acceptors (Lipinski definition) is 5. The Kier molecular flexibility index (Phi) is 7.18. The molecule has 0 bridgehead atoms. The van der Waals surface area contributed by atoms with Crippen molar-refractivity contribution in [3.63, 3.8) is 0 Å². The molecule has 0 heterocycles. The average molecular weight is 492 g/mol. The molecule has 0 fully saturated rings. The summed E-state index contributed by atoms with van der Waals surface area (Å²) in [5.74, 6) is -2.42. The molecule has 0 radical (unpaired) electrons. The van der Waals surface area contributed by atoms with Gasteiger partial charge >= 0.3 is 5.97 Å². The highest BCUT2D eigenvalue weighted by Gasteiger charge is 2.28. The smallest absolute Gasteiger partial charge is 0.308 e. The molecule has 2 aromatic carbocycles. The summed E-state index contributed by atoms with van der Waals surface area (Å²) in [6.07, 6.45) is -0.373. The average Bonchev–Trinajstić information content (AvgIpc) is 2.51. The van der Waals surface area contributed by atoms with Crippen molar-refractivity contribution in [1.82, 2.24) is 0 Å². The Labute approximate surface area is 179 Å². The number of carbonyl (C=O) groups is 1. The molecule has 1 N–H and O–H groups in total. The van der Waals surface area contributed by atoms with Gasteiger partial charge in [-0.25, -0.2) is 8.78 Å². The van der Waals surface area contributed by atoms with E-state index in [1.54, 1.807) is 20.8 Å². The number of esters is 1.